The Morgan fingerprint density at radius 3 is 2.90 bits per heavy atom. The number of nitrogens with zero attached hydrogens (tertiary/aromatic N) is 4. The summed E-state index contributed by atoms with van der Waals surface area (Å²) in [6.45, 7) is 6.49. The van der Waals surface area contributed by atoms with Crippen molar-refractivity contribution in [2.24, 2.45) is 7.05 Å². The predicted octanol–water partition coefficient (Wildman–Crippen LogP) is 1.19. The summed E-state index contributed by atoms with van der Waals surface area (Å²) in [7, 11) is 1.91. The Morgan fingerprint density at radius 1 is 1.43 bits per heavy atom. The lowest BCUT2D eigenvalue weighted by atomic mass is 10.1. The first-order chi connectivity index (χ1) is 10.0. The molecule has 1 N–H and O–H groups in total. The Bertz CT molecular complexity index is 700. The van der Waals surface area contributed by atoms with Crippen molar-refractivity contribution in [1.82, 2.24) is 24.6 Å². The second-order valence-electron chi connectivity index (χ2n) is 6.01. The van der Waals surface area contributed by atoms with Gasteiger partial charge >= 0.3 is 0 Å². The van der Waals surface area contributed by atoms with E-state index in [9.17, 15) is 4.79 Å². The van der Waals surface area contributed by atoms with Crippen LogP contribution in [0.3, 0.4) is 0 Å². The molecule has 1 aliphatic rings. The molecule has 0 aromatic carbocycles. The quantitative estimate of drug-likeness (QED) is 0.920. The number of hydrogen-bond donors (Lipinski definition) is 1. The van der Waals surface area contributed by atoms with Crippen molar-refractivity contribution in [1.29, 1.82) is 0 Å². The van der Waals surface area contributed by atoms with Gasteiger partial charge in [-0.05, 0) is 0 Å². The summed E-state index contributed by atoms with van der Waals surface area (Å²) in [6.07, 6.45) is 4.72. The molecule has 21 heavy (non-hydrogen) atoms. The third kappa shape index (κ3) is 2.90. The van der Waals surface area contributed by atoms with Gasteiger partial charge in [-0.1, -0.05) is 13.8 Å². The number of hydrogen-bond acceptors (Lipinski definition) is 4. The second kappa shape index (κ2) is 5.44. The maximum atomic E-state index is 12.3. The summed E-state index contributed by atoms with van der Waals surface area (Å²) < 4.78 is 1.80. The summed E-state index contributed by atoms with van der Waals surface area (Å²) in [5.41, 5.74) is 2.96. The zero-order valence-corrected chi connectivity index (χ0v) is 12.8. The maximum Gasteiger partial charge on any atom is 0.255 e. The van der Waals surface area contributed by atoms with Crippen LogP contribution in [0, 0.1) is 0 Å². The largest absolute Gasteiger partial charge is 0.310 e. The Balaban J connectivity index is 1.81. The number of aryl methyl sites for hydroxylation is 1. The molecule has 6 heteroatoms. The SMILES string of the molecule is CC(C)c1nc2c(c(=O)[nH]1)CN(Cc1cnn(C)c1)CC2. The standard InChI is InChI=1S/C15H21N5O/c1-10(2)14-17-13-4-5-20(9-12(13)15(21)18-14)8-11-6-16-19(3)7-11/h6-7,10H,4-5,8-9H2,1-3H3,(H,17,18,21). The summed E-state index contributed by atoms with van der Waals surface area (Å²) in [5, 5.41) is 4.18. The average Bonchev–Trinajstić information content (AvgIpc) is 2.84. The molecule has 0 amide bonds. The molecule has 0 spiro atoms. The molecule has 0 saturated heterocycles. The molecule has 0 bridgehead atoms. The lowest BCUT2D eigenvalue weighted by molar-refractivity contribution is 0.241. The van der Waals surface area contributed by atoms with Crippen molar-refractivity contribution < 1.29 is 0 Å². The highest BCUT2D eigenvalue weighted by molar-refractivity contribution is 5.22. The Labute approximate surface area is 123 Å². The Kier molecular flexibility index (Phi) is 3.63. The molecule has 1 aliphatic heterocycles. The molecule has 3 rings (SSSR count). The fraction of sp³-hybridized carbons (Fsp3) is 0.533. The van der Waals surface area contributed by atoms with Crippen molar-refractivity contribution in [2.45, 2.75) is 39.3 Å². The molecule has 6 nitrogen and oxygen atoms in total. The number of rotatable bonds is 3. The van der Waals surface area contributed by atoms with Crippen LogP contribution in [0.15, 0.2) is 17.2 Å². The minimum atomic E-state index is 0.0135. The lowest BCUT2D eigenvalue weighted by Crippen LogP contribution is -2.35. The molecule has 0 saturated carbocycles. The summed E-state index contributed by atoms with van der Waals surface area (Å²) in [5.74, 6) is 1.04. The van der Waals surface area contributed by atoms with E-state index in [0.717, 1.165) is 36.6 Å². The smallest absolute Gasteiger partial charge is 0.255 e. The molecule has 0 atom stereocenters. The highest BCUT2D eigenvalue weighted by atomic mass is 16.1. The van der Waals surface area contributed by atoms with Crippen molar-refractivity contribution in [3.8, 4) is 0 Å². The molecule has 0 unspecified atom stereocenters. The number of aromatic amines is 1. The van der Waals surface area contributed by atoms with Gasteiger partial charge in [0, 0.05) is 50.8 Å². The summed E-state index contributed by atoms with van der Waals surface area (Å²) >= 11 is 0. The molecule has 0 fully saturated rings. The van der Waals surface area contributed by atoms with E-state index in [2.05, 4.69) is 20.0 Å². The number of H-pyrrole nitrogens is 1. The molecule has 2 aromatic heterocycles. The van der Waals surface area contributed by atoms with Crippen molar-refractivity contribution in [3.63, 3.8) is 0 Å². The van der Waals surface area contributed by atoms with E-state index in [4.69, 9.17) is 0 Å². The van der Waals surface area contributed by atoms with Crippen LogP contribution in [0.5, 0.6) is 0 Å². The van der Waals surface area contributed by atoms with Crippen LogP contribution >= 0.6 is 0 Å². The summed E-state index contributed by atoms with van der Waals surface area (Å²) in [6, 6.07) is 0. The van der Waals surface area contributed by atoms with E-state index in [1.807, 2.05) is 33.3 Å². The van der Waals surface area contributed by atoms with Crippen LogP contribution < -0.4 is 5.56 Å². The minimum absolute atomic E-state index is 0.0135. The fourth-order valence-corrected chi connectivity index (χ4v) is 2.72. The van der Waals surface area contributed by atoms with Crippen LogP contribution in [0.4, 0.5) is 0 Å². The zero-order chi connectivity index (χ0) is 15.0. The van der Waals surface area contributed by atoms with Gasteiger partial charge in [0.2, 0.25) is 0 Å². The molecule has 2 aromatic rings. The van der Waals surface area contributed by atoms with Crippen LogP contribution in [0.1, 0.15) is 42.4 Å². The minimum Gasteiger partial charge on any atom is -0.310 e. The molecule has 0 radical (unpaired) electrons. The van der Waals surface area contributed by atoms with Gasteiger partial charge in [0.05, 0.1) is 17.5 Å². The lowest BCUT2D eigenvalue weighted by Gasteiger charge is -2.27. The first-order valence-electron chi connectivity index (χ1n) is 7.35. The molecule has 3 heterocycles. The first kappa shape index (κ1) is 14.0. The fourth-order valence-electron chi connectivity index (χ4n) is 2.72. The van der Waals surface area contributed by atoms with Crippen LogP contribution in [0.2, 0.25) is 0 Å². The topological polar surface area (TPSA) is 66.8 Å². The van der Waals surface area contributed by atoms with Gasteiger partial charge in [0.15, 0.2) is 0 Å². The third-order valence-electron chi connectivity index (χ3n) is 3.88. The first-order valence-corrected chi connectivity index (χ1v) is 7.35. The van der Waals surface area contributed by atoms with E-state index in [1.165, 1.54) is 5.56 Å². The Hall–Kier alpha value is -1.95. The van der Waals surface area contributed by atoms with Gasteiger partial charge in [0.25, 0.3) is 5.56 Å². The monoisotopic (exact) mass is 287 g/mol. The van der Waals surface area contributed by atoms with Gasteiger partial charge in [-0.3, -0.25) is 14.4 Å². The molecular formula is C15H21N5O. The highest BCUT2D eigenvalue weighted by Gasteiger charge is 2.22. The second-order valence-corrected chi connectivity index (χ2v) is 6.01. The van der Waals surface area contributed by atoms with Gasteiger partial charge < -0.3 is 4.98 Å². The zero-order valence-electron chi connectivity index (χ0n) is 12.8. The Morgan fingerprint density at radius 2 is 2.24 bits per heavy atom. The normalized spacial score (nSPS) is 15.4. The van der Waals surface area contributed by atoms with Gasteiger partial charge in [-0.25, -0.2) is 4.98 Å². The predicted molar refractivity (Wildman–Crippen MR) is 80.0 cm³/mol. The average molecular weight is 287 g/mol. The number of aromatic nitrogens is 4. The summed E-state index contributed by atoms with van der Waals surface area (Å²) in [4.78, 5) is 22.1. The number of nitrogens with one attached hydrogen (secondary N) is 1. The van der Waals surface area contributed by atoms with Gasteiger partial charge in [0.1, 0.15) is 5.82 Å². The van der Waals surface area contributed by atoms with E-state index in [-0.39, 0.29) is 11.5 Å². The van der Waals surface area contributed by atoms with Gasteiger partial charge in [-0.15, -0.1) is 0 Å². The van der Waals surface area contributed by atoms with E-state index in [1.54, 1.807) is 4.68 Å². The van der Waals surface area contributed by atoms with Crippen LogP contribution in [-0.2, 0) is 26.6 Å². The highest BCUT2D eigenvalue weighted by Crippen LogP contribution is 2.17. The van der Waals surface area contributed by atoms with E-state index in [0.29, 0.717) is 6.54 Å². The molecular weight excluding hydrogens is 266 g/mol. The van der Waals surface area contributed by atoms with Crippen molar-refractivity contribution in [3.05, 3.63) is 45.4 Å². The van der Waals surface area contributed by atoms with Crippen molar-refractivity contribution >= 4 is 0 Å². The van der Waals surface area contributed by atoms with E-state index >= 15 is 0 Å². The number of fused-ring (bicyclic) bond motifs is 1. The molecule has 0 aliphatic carbocycles. The molecule has 112 valence electrons. The van der Waals surface area contributed by atoms with Crippen LogP contribution in [-0.4, -0.2) is 31.2 Å². The third-order valence-corrected chi connectivity index (χ3v) is 3.88. The van der Waals surface area contributed by atoms with Crippen LogP contribution in [0.25, 0.3) is 0 Å². The maximum absolute atomic E-state index is 12.3. The van der Waals surface area contributed by atoms with Crippen molar-refractivity contribution in [2.75, 3.05) is 6.54 Å². The van der Waals surface area contributed by atoms with Gasteiger partial charge in [-0.2, -0.15) is 5.10 Å². The van der Waals surface area contributed by atoms with E-state index < -0.39 is 0 Å².